The predicted molar refractivity (Wildman–Crippen MR) is 55.1 cm³/mol. The van der Waals surface area contributed by atoms with Crippen molar-refractivity contribution < 1.29 is 19.1 Å². The molecule has 1 amide bonds. The lowest BCUT2D eigenvalue weighted by Gasteiger charge is -2.13. The molecule has 0 radical (unpaired) electrons. The van der Waals surface area contributed by atoms with Crippen molar-refractivity contribution in [2.45, 2.75) is 32.8 Å². The van der Waals surface area contributed by atoms with Gasteiger partial charge in [0, 0.05) is 0 Å². The zero-order chi connectivity index (χ0) is 11.8. The van der Waals surface area contributed by atoms with Crippen LogP contribution in [0.4, 0.5) is 4.79 Å². The Morgan fingerprint density at radius 2 is 2.07 bits per heavy atom. The van der Waals surface area contributed by atoms with E-state index >= 15 is 0 Å². The molecule has 15 heavy (non-hydrogen) atoms. The summed E-state index contributed by atoms with van der Waals surface area (Å²) in [6, 6.07) is 0. The Morgan fingerprint density at radius 1 is 1.47 bits per heavy atom. The smallest absolute Gasteiger partial charge is 0.405 e. The Balaban J connectivity index is 3.97. The molecular formula is C10H17NO4. The first-order chi connectivity index (χ1) is 6.99. The minimum Gasteiger partial charge on any atom is -0.462 e. The maximum atomic E-state index is 11.3. The number of ether oxygens (including phenoxy) is 2. The number of hydrogen-bond donors (Lipinski definition) is 1. The molecule has 0 fully saturated rings. The van der Waals surface area contributed by atoms with Crippen molar-refractivity contribution in [1.82, 2.24) is 0 Å². The third kappa shape index (κ3) is 5.72. The lowest BCUT2D eigenvalue weighted by atomic mass is 10.2. The number of primary amides is 1. The molecule has 0 aliphatic carbocycles. The molecule has 0 saturated heterocycles. The fraction of sp³-hybridized carbons (Fsp3) is 0.600. The van der Waals surface area contributed by atoms with Gasteiger partial charge in [-0.25, -0.2) is 9.59 Å². The van der Waals surface area contributed by atoms with E-state index in [0.29, 0.717) is 6.61 Å². The lowest BCUT2D eigenvalue weighted by Crippen LogP contribution is -2.25. The predicted octanol–water partition coefficient (Wildman–Crippen LogP) is 1.37. The minimum atomic E-state index is -0.940. The van der Waals surface area contributed by atoms with Crippen LogP contribution in [0.1, 0.15) is 26.7 Å². The molecule has 0 bridgehead atoms. The van der Waals surface area contributed by atoms with Crippen LogP contribution in [0.3, 0.4) is 0 Å². The molecule has 0 rings (SSSR count). The van der Waals surface area contributed by atoms with Gasteiger partial charge in [-0.05, 0) is 13.3 Å². The fourth-order valence-electron chi connectivity index (χ4n) is 0.813. The van der Waals surface area contributed by atoms with E-state index in [-0.39, 0.29) is 5.57 Å². The topological polar surface area (TPSA) is 78.6 Å². The van der Waals surface area contributed by atoms with Gasteiger partial charge in [0.25, 0.3) is 0 Å². The van der Waals surface area contributed by atoms with Crippen LogP contribution in [0.2, 0.25) is 0 Å². The summed E-state index contributed by atoms with van der Waals surface area (Å²) < 4.78 is 9.45. The molecule has 1 atom stereocenters. The number of esters is 1. The van der Waals surface area contributed by atoms with Gasteiger partial charge >= 0.3 is 12.1 Å². The van der Waals surface area contributed by atoms with Gasteiger partial charge in [-0.15, -0.1) is 0 Å². The van der Waals surface area contributed by atoms with E-state index in [0.717, 1.165) is 12.8 Å². The van der Waals surface area contributed by atoms with Gasteiger partial charge < -0.3 is 15.2 Å². The maximum absolute atomic E-state index is 11.3. The van der Waals surface area contributed by atoms with E-state index in [1.807, 2.05) is 6.92 Å². The number of carbonyl (C=O) groups excluding carboxylic acids is 2. The van der Waals surface area contributed by atoms with Crippen molar-refractivity contribution >= 4 is 12.1 Å². The molecule has 5 nitrogen and oxygen atoms in total. The molecular weight excluding hydrogens is 198 g/mol. The Bertz CT molecular complexity index is 250. The number of nitrogens with two attached hydrogens (primary N) is 1. The van der Waals surface area contributed by atoms with E-state index in [2.05, 4.69) is 11.3 Å². The number of rotatable bonds is 6. The summed E-state index contributed by atoms with van der Waals surface area (Å²) in [7, 11) is 0. The molecule has 0 aromatic carbocycles. The van der Waals surface area contributed by atoms with Crippen molar-refractivity contribution in [3.8, 4) is 0 Å². The van der Waals surface area contributed by atoms with Gasteiger partial charge in [0.05, 0.1) is 12.2 Å². The molecule has 0 saturated carbocycles. The highest BCUT2D eigenvalue weighted by molar-refractivity contribution is 5.89. The van der Waals surface area contributed by atoms with Crippen LogP contribution in [0.15, 0.2) is 12.2 Å². The van der Waals surface area contributed by atoms with E-state index < -0.39 is 18.2 Å². The highest BCUT2D eigenvalue weighted by Gasteiger charge is 2.18. The van der Waals surface area contributed by atoms with Crippen LogP contribution in [-0.4, -0.2) is 24.8 Å². The Labute approximate surface area is 89.2 Å². The van der Waals surface area contributed by atoms with Crippen molar-refractivity contribution in [3.05, 3.63) is 12.2 Å². The van der Waals surface area contributed by atoms with E-state index in [1.54, 1.807) is 0 Å². The molecule has 5 heteroatoms. The normalized spacial score (nSPS) is 11.6. The molecule has 0 aliphatic rings. The summed E-state index contributed by atoms with van der Waals surface area (Å²) in [6.45, 7) is 7.32. The van der Waals surface area contributed by atoms with Crippen molar-refractivity contribution in [2.24, 2.45) is 5.73 Å². The summed E-state index contributed by atoms with van der Waals surface area (Å²) in [4.78, 5) is 21.7. The second-order valence-electron chi connectivity index (χ2n) is 3.09. The molecule has 0 aromatic rings. The Hall–Kier alpha value is -1.52. The van der Waals surface area contributed by atoms with Gasteiger partial charge in [-0.2, -0.15) is 0 Å². The minimum absolute atomic E-state index is 0.0879. The van der Waals surface area contributed by atoms with Gasteiger partial charge in [0.15, 0.2) is 0 Å². The second kappa shape index (κ2) is 6.86. The SMILES string of the molecule is C=C(C(=O)OCCCC)C(C)OC(N)=O. The largest absolute Gasteiger partial charge is 0.462 e. The number of hydrogen-bond acceptors (Lipinski definition) is 4. The summed E-state index contributed by atoms with van der Waals surface area (Å²) in [5.74, 6) is -0.558. The number of unbranched alkanes of at least 4 members (excludes halogenated alkanes) is 1. The first-order valence-corrected chi connectivity index (χ1v) is 4.81. The van der Waals surface area contributed by atoms with Crippen molar-refractivity contribution in [3.63, 3.8) is 0 Å². The van der Waals surface area contributed by atoms with Crippen LogP contribution in [0.5, 0.6) is 0 Å². The zero-order valence-electron chi connectivity index (χ0n) is 9.12. The number of amides is 1. The van der Waals surface area contributed by atoms with Crippen LogP contribution >= 0.6 is 0 Å². The van der Waals surface area contributed by atoms with E-state index in [4.69, 9.17) is 10.5 Å². The first-order valence-electron chi connectivity index (χ1n) is 4.81. The molecule has 0 aromatic heterocycles. The number of carbonyl (C=O) groups is 2. The monoisotopic (exact) mass is 215 g/mol. The first kappa shape index (κ1) is 13.5. The van der Waals surface area contributed by atoms with Crippen LogP contribution < -0.4 is 5.73 Å². The highest BCUT2D eigenvalue weighted by Crippen LogP contribution is 2.06. The lowest BCUT2D eigenvalue weighted by molar-refractivity contribution is -0.140. The highest BCUT2D eigenvalue weighted by atomic mass is 16.6. The standard InChI is InChI=1S/C10H17NO4/c1-4-5-6-14-9(12)7(2)8(3)15-10(11)13/h8H,2,4-6H2,1,3H3,(H2,11,13). The molecule has 1 unspecified atom stereocenters. The van der Waals surface area contributed by atoms with Gasteiger partial charge in [-0.3, -0.25) is 0 Å². The van der Waals surface area contributed by atoms with E-state index in [9.17, 15) is 9.59 Å². The average Bonchev–Trinajstić information content (AvgIpc) is 2.15. The van der Waals surface area contributed by atoms with Crippen LogP contribution in [0, 0.1) is 0 Å². The fourth-order valence-corrected chi connectivity index (χ4v) is 0.813. The summed E-state index contributed by atoms with van der Waals surface area (Å²) in [6.07, 6.45) is 0.0404. The Morgan fingerprint density at radius 3 is 2.53 bits per heavy atom. The zero-order valence-corrected chi connectivity index (χ0v) is 9.12. The third-order valence-corrected chi connectivity index (χ3v) is 1.78. The Kier molecular flexibility index (Phi) is 6.17. The molecule has 0 aliphatic heterocycles. The van der Waals surface area contributed by atoms with E-state index in [1.165, 1.54) is 6.92 Å². The quantitative estimate of drug-likeness (QED) is 0.412. The molecule has 0 spiro atoms. The third-order valence-electron chi connectivity index (χ3n) is 1.78. The molecule has 2 N–H and O–H groups in total. The van der Waals surface area contributed by atoms with Crippen molar-refractivity contribution in [1.29, 1.82) is 0 Å². The van der Waals surface area contributed by atoms with Gasteiger partial charge in [0.2, 0.25) is 0 Å². The average molecular weight is 215 g/mol. The molecule has 0 heterocycles. The maximum Gasteiger partial charge on any atom is 0.405 e. The summed E-state index contributed by atoms with van der Waals surface area (Å²) >= 11 is 0. The second-order valence-corrected chi connectivity index (χ2v) is 3.09. The van der Waals surface area contributed by atoms with Crippen LogP contribution in [0.25, 0.3) is 0 Å². The summed E-state index contributed by atoms with van der Waals surface area (Å²) in [5.41, 5.74) is 4.89. The van der Waals surface area contributed by atoms with Crippen molar-refractivity contribution in [2.75, 3.05) is 6.61 Å². The van der Waals surface area contributed by atoms with Crippen LogP contribution in [-0.2, 0) is 14.3 Å². The molecule has 86 valence electrons. The van der Waals surface area contributed by atoms with Gasteiger partial charge in [-0.1, -0.05) is 19.9 Å². The van der Waals surface area contributed by atoms with Gasteiger partial charge in [0.1, 0.15) is 6.10 Å². The summed E-state index contributed by atoms with van der Waals surface area (Å²) in [5, 5.41) is 0.